The van der Waals surface area contributed by atoms with E-state index in [1.165, 1.54) is 11.8 Å². The van der Waals surface area contributed by atoms with Crippen molar-refractivity contribution >= 4 is 47.2 Å². The van der Waals surface area contributed by atoms with Crippen molar-refractivity contribution in [3.8, 4) is 0 Å². The monoisotopic (exact) mass is 469 g/mol. The number of ether oxygens (including phenoxy) is 1. The largest absolute Gasteiger partial charge is 0.477 e. The number of carbonyl (C=O) groups is 4. The van der Waals surface area contributed by atoms with E-state index in [4.69, 9.17) is 16.3 Å². The first kappa shape index (κ1) is 23.2. The number of alkyl carbamates (subject to hydrolysis) is 1. The Labute approximate surface area is 188 Å². The van der Waals surface area contributed by atoms with E-state index in [0.29, 0.717) is 18.4 Å². The maximum absolute atomic E-state index is 13.1. The molecule has 1 fully saturated rings. The molecular weight excluding hydrogens is 446 g/mol. The fourth-order valence-electron chi connectivity index (χ4n) is 3.42. The molecule has 1 aliphatic carbocycles. The lowest BCUT2D eigenvalue weighted by Crippen LogP contribution is -2.71. The van der Waals surface area contributed by atoms with Crippen LogP contribution in [0.5, 0.6) is 0 Å². The fourth-order valence-corrected chi connectivity index (χ4v) is 4.97. The first-order valence-corrected chi connectivity index (χ1v) is 11.1. The summed E-state index contributed by atoms with van der Waals surface area (Å²) in [5, 5.41) is 14.1. The summed E-state index contributed by atoms with van der Waals surface area (Å²) in [4.78, 5) is 50.5. The Morgan fingerprint density at radius 1 is 1.32 bits per heavy atom. The van der Waals surface area contributed by atoms with E-state index in [1.54, 1.807) is 20.8 Å². The number of rotatable bonds is 5. The zero-order valence-corrected chi connectivity index (χ0v) is 18.9. The molecule has 31 heavy (non-hydrogen) atoms. The van der Waals surface area contributed by atoms with Crippen molar-refractivity contribution in [1.29, 1.82) is 0 Å². The molecule has 1 unspecified atom stereocenters. The normalized spacial score (nSPS) is 23.9. The van der Waals surface area contributed by atoms with Crippen molar-refractivity contribution in [3.63, 3.8) is 0 Å². The first-order chi connectivity index (χ1) is 14.5. The number of fused-ring (bicyclic) bond motifs is 1. The van der Waals surface area contributed by atoms with Crippen molar-refractivity contribution in [1.82, 2.24) is 15.5 Å². The molecule has 1 saturated heterocycles. The van der Waals surface area contributed by atoms with Crippen LogP contribution in [0.2, 0.25) is 0 Å². The minimum Gasteiger partial charge on any atom is -0.477 e. The van der Waals surface area contributed by atoms with Gasteiger partial charge in [-0.3, -0.25) is 14.5 Å². The molecule has 0 saturated carbocycles. The van der Waals surface area contributed by atoms with E-state index in [9.17, 15) is 24.3 Å². The third-order valence-electron chi connectivity index (χ3n) is 4.75. The summed E-state index contributed by atoms with van der Waals surface area (Å²) in [7, 11) is 0. The second kappa shape index (κ2) is 8.96. The molecule has 2 aliphatic heterocycles. The maximum atomic E-state index is 13.1. The number of hydrogen-bond donors (Lipinski definition) is 3. The highest BCUT2D eigenvalue weighted by Crippen LogP contribution is 2.41. The predicted molar refractivity (Wildman–Crippen MR) is 115 cm³/mol. The number of aliphatic carboxylic acids is 1. The van der Waals surface area contributed by atoms with Gasteiger partial charge in [-0.05, 0) is 39.2 Å². The molecule has 3 amide bonds. The highest BCUT2D eigenvalue weighted by molar-refractivity contribution is 8.00. The number of carbonyl (C=O) groups excluding carboxylic acids is 3. The van der Waals surface area contributed by atoms with Gasteiger partial charge in [0, 0.05) is 5.75 Å². The van der Waals surface area contributed by atoms with E-state index < -0.39 is 46.9 Å². The van der Waals surface area contributed by atoms with Crippen LogP contribution in [0.4, 0.5) is 4.79 Å². The minimum absolute atomic E-state index is 0.0792. The second-order valence-electron chi connectivity index (χ2n) is 8.22. The second-order valence-corrected chi connectivity index (χ2v) is 9.79. The highest BCUT2D eigenvalue weighted by Gasteiger charge is 2.54. The van der Waals surface area contributed by atoms with Crippen molar-refractivity contribution in [3.05, 3.63) is 34.5 Å². The number of carboxylic acid groups (broad SMARTS) is 1. The lowest BCUT2D eigenvalue weighted by atomic mass is 9.96. The van der Waals surface area contributed by atoms with Crippen LogP contribution in [0.3, 0.4) is 0 Å². The van der Waals surface area contributed by atoms with Crippen LogP contribution in [0.1, 0.15) is 33.6 Å². The fraction of sp³-hybridized carbons (Fsp3) is 0.500. The molecule has 9 nitrogen and oxygen atoms in total. The summed E-state index contributed by atoms with van der Waals surface area (Å²) < 4.78 is 5.27. The zero-order valence-electron chi connectivity index (χ0n) is 17.3. The molecule has 3 N–H and O–H groups in total. The standard InChI is InChI=1S/C20H24ClN3O6S/c1-20(2,3)30-19(29)23-12(10-7-5-4-6-8-10)15(25)22-13-16(26)24-14(18(27)28)11(21)9-31-17(13)24/h4-5,8,12-13,17H,6-7,9H2,1-3H3,(H,22,25)(H,23,29)(H,27,28)/t12?,13-,17+/m1/s1. The van der Waals surface area contributed by atoms with Gasteiger partial charge in [-0.1, -0.05) is 29.8 Å². The van der Waals surface area contributed by atoms with Crippen LogP contribution in [0.25, 0.3) is 0 Å². The van der Waals surface area contributed by atoms with Crippen LogP contribution in [-0.2, 0) is 19.1 Å². The molecule has 0 aromatic heterocycles. The Hall–Kier alpha value is -2.46. The molecule has 3 atom stereocenters. The summed E-state index contributed by atoms with van der Waals surface area (Å²) >= 11 is 7.24. The molecule has 0 aromatic carbocycles. The number of nitrogens with one attached hydrogen (secondary N) is 2. The van der Waals surface area contributed by atoms with Crippen LogP contribution in [-0.4, -0.2) is 62.7 Å². The molecule has 3 aliphatic rings. The Morgan fingerprint density at radius 3 is 2.61 bits per heavy atom. The number of allylic oxidation sites excluding steroid dienone is 3. The first-order valence-electron chi connectivity index (χ1n) is 9.70. The van der Waals surface area contributed by atoms with Gasteiger partial charge in [0.15, 0.2) is 0 Å². The lowest BCUT2D eigenvalue weighted by molar-refractivity contribution is -0.150. The SMILES string of the molecule is CC(C)(C)OC(=O)NC(C(=O)N[C@@H]1C(=O)N2C(C(=O)O)=C(Cl)CS[C@@H]12)C1=CCC=CC1. The number of thioether (sulfide) groups is 1. The topological polar surface area (TPSA) is 125 Å². The predicted octanol–water partition coefficient (Wildman–Crippen LogP) is 2.09. The van der Waals surface area contributed by atoms with Gasteiger partial charge < -0.3 is 20.5 Å². The van der Waals surface area contributed by atoms with E-state index in [2.05, 4.69) is 10.6 Å². The molecule has 0 bridgehead atoms. The van der Waals surface area contributed by atoms with E-state index >= 15 is 0 Å². The van der Waals surface area contributed by atoms with Crippen molar-refractivity contribution in [2.24, 2.45) is 0 Å². The van der Waals surface area contributed by atoms with Crippen LogP contribution < -0.4 is 10.6 Å². The smallest absolute Gasteiger partial charge is 0.408 e. The van der Waals surface area contributed by atoms with Gasteiger partial charge in [0.05, 0.1) is 5.03 Å². The molecule has 0 radical (unpaired) electrons. The third kappa shape index (κ3) is 5.07. The van der Waals surface area contributed by atoms with Crippen molar-refractivity contribution < 1.29 is 29.0 Å². The van der Waals surface area contributed by atoms with Crippen LogP contribution in [0, 0.1) is 0 Å². The number of nitrogens with zero attached hydrogens (tertiary/aromatic N) is 1. The van der Waals surface area contributed by atoms with Gasteiger partial charge in [-0.15, -0.1) is 11.8 Å². The molecule has 2 heterocycles. The zero-order chi connectivity index (χ0) is 22.9. The number of halogens is 1. The van der Waals surface area contributed by atoms with Gasteiger partial charge in [0.1, 0.15) is 28.8 Å². The summed E-state index contributed by atoms with van der Waals surface area (Å²) in [6.45, 7) is 5.14. The van der Waals surface area contributed by atoms with Crippen LogP contribution >= 0.6 is 23.4 Å². The quantitative estimate of drug-likeness (QED) is 0.416. The Bertz CT molecular complexity index is 907. The lowest BCUT2D eigenvalue weighted by Gasteiger charge is -2.49. The van der Waals surface area contributed by atoms with Gasteiger partial charge in [-0.2, -0.15) is 0 Å². The highest BCUT2D eigenvalue weighted by atomic mass is 35.5. The summed E-state index contributed by atoms with van der Waals surface area (Å²) in [6, 6.07) is -1.94. The summed E-state index contributed by atoms with van der Waals surface area (Å²) in [5.74, 6) is -2.20. The molecule has 3 rings (SSSR count). The van der Waals surface area contributed by atoms with Crippen LogP contribution in [0.15, 0.2) is 34.5 Å². The Balaban J connectivity index is 1.74. The molecule has 11 heteroatoms. The van der Waals surface area contributed by atoms with E-state index in [0.717, 1.165) is 4.90 Å². The summed E-state index contributed by atoms with van der Waals surface area (Å²) in [5.41, 5.74) is -0.321. The van der Waals surface area contributed by atoms with Gasteiger partial charge >= 0.3 is 12.1 Å². The average molecular weight is 470 g/mol. The van der Waals surface area contributed by atoms with Crippen molar-refractivity contribution in [2.75, 3.05) is 5.75 Å². The molecule has 0 aromatic rings. The number of amides is 3. The number of carboxylic acids is 1. The van der Waals surface area contributed by atoms with Gasteiger partial charge in [0.2, 0.25) is 5.91 Å². The summed E-state index contributed by atoms with van der Waals surface area (Å²) in [6.07, 6.45) is 6.02. The van der Waals surface area contributed by atoms with E-state index in [1.807, 2.05) is 18.2 Å². The Kier molecular flexibility index (Phi) is 6.70. The van der Waals surface area contributed by atoms with E-state index in [-0.39, 0.29) is 16.5 Å². The molecule has 0 spiro atoms. The average Bonchev–Trinajstić information content (AvgIpc) is 2.69. The maximum Gasteiger partial charge on any atom is 0.408 e. The molecular formula is C20H24ClN3O6S. The molecule has 168 valence electrons. The number of β-lactam (4-membered cyclic amide) rings is 1. The van der Waals surface area contributed by atoms with Crippen molar-refractivity contribution in [2.45, 2.75) is 56.7 Å². The van der Waals surface area contributed by atoms with Gasteiger partial charge in [-0.25, -0.2) is 9.59 Å². The Morgan fingerprint density at radius 2 is 2.03 bits per heavy atom. The number of hydrogen-bond acceptors (Lipinski definition) is 6. The third-order valence-corrected chi connectivity index (χ3v) is 6.50. The van der Waals surface area contributed by atoms with Gasteiger partial charge in [0.25, 0.3) is 5.91 Å². The minimum atomic E-state index is -1.29.